The van der Waals surface area contributed by atoms with Crippen LogP contribution in [0.5, 0.6) is 0 Å². The molecule has 1 rings (SSSR count). The number of nitrogens with zero attached hydrogens (tertiary/aromatic N) is 2. The average Bonchev–Trinajstić information content (AvgIpc) is 2.30. The van der Waals surface area contributed by atoms with Crippen LogP contribution in [0.25, 0.3) is 0 Å². The van der Waals surface area contributed by atoms with Crippen LogP contribution in [0, 0.1) is 11.3 Å². The quantitative estimate of drug-likeness (QED) is 0.780. The standard InChI is InChI=1S/C11H9F3N2O2/c1-2-18-10(17)8(5-15)9-4-3-7(6-16-9)11(12,13)14/h3-4,6,8H,2H2,1H3/t8-/m0/s1. The Morgan fingerprint density at radius 1 is 1.56 bits per heavy atom. The molecule has 0 saturated heterocycles. The van der Waals surface area contributed by atoms with E-state index in [0.29, 0.717) is 6.20 Å². The van der Waals surface area contributed by atoms with Gasteiger partial charge in [-0.1, -0.05) is 0 Å². The van der Waals surface area contributed by atoms with E-state index in [9.17, 15) is 18.0 Å². The molecule has 0 aliphatic rings. The van der Waals surface area contributed by atoms with Gasteiger partial charge in [-0.2, -0.15) is 18.4 Å². The number of hydrogen-bond donors (Lipinski definition) is 0. The molecule has 0 saturated carbocycles. The molecule has 0 N–H and O–H groups in total. The zero-order valence-corrected chi connectivity index (χ0v) is 9.36. The molecule has 4 nitrogen and oxygen atoms in total. The predicted molar refractivity (Wildman–Crippen MR) is 54.2 cm³/mol. The molecule has 0 bridgehead atoms. The number of pyridine rings is 1. The third kappa shape index (κ3) is 3.20. The maximum atomic E-state index is 12.3. The Labute approximate surface area is 101 Å². The summed E-state index contributed by atoms with van der Waals surface area (Å²) in [5.41, 5.74) is -1.00. The second kappa shape index (κ2) is 5.49. The van der Waals surface area contributed by atoms with Gasteiger partial charge in [0.1, 0.15) is 0 Å². The molecule has 0 radical (unpaired) electrons. The van der Waals surface area contributed by atoms with Crippen molar-refractivity contribution in [3.8, 4) is 6.07 Å². The number of aromatic nitrogens is 1. The van der Waals surface area contributed by atoms with Gasteiger partial charge in [0, 0.05) is 6.20 Å². The Morgan fingerprint density at radius 3 is 2.61 bits per heavy atom. The van der Waals surface area contributed by atoms with Crippen LogP contribution in [0.2, 0.25) is 0 Å². The highest BCUT2D eigenvalue weighted by Gasteiger charge is 2.31. The molecule has 0 aromatic carbocycles. The van der Waals surface area contributed by atoms with Gasteiger partial charge in [-0.15, -0.1) is 0 Å². The number of ether oxygens (including phenoxy) is 1. The van der Waals surface area contributed by atoms with Gasteiger partial charge in [-0.05, 0) is 19.1 Å². The number of esters is 1. The fraction of sp³-hybridized carbons (Fsp3) is 0.364. The fourth-order valence-corrected chi connectivity index (χ4v) is 1.21. The molecule has 0 fully saturated rings. The SMILES string of the molecule is CCOC(=O)[C@@H](C#N)c1ccc(C(F)(F)F)cn1. The maximum absolute atomic E-state index is 12.3. The van der Waals surface area contributed by atoms with Crippen molar-refractivity contribution in [1.82, 2.24) is 4.98 Å². The summed E-state index contributed by atoms with van der Waals surface area (Å²) in [4.78, 5) is 14.8. The Balaban J connectivity index is 2.97. The third-order valence-electron chi connectivity index (χ3n) is 2.06. The number of nitriles is 1. The zero-order chi connectivity index (χ0) is 13.8. The van der Waals surface area contributed by atoms with Crippen LogP contribution in [0.3, 0.4) is 0 Å². The molecule has 96 valence electrons. The lowest BCUT2D eigenvalue weighted by atomic mass is 10.1. The molecule has 18 heavy (non-hydrogen) atoms. The molecule has 7 heteroatoms. The van der Waals surface area contributed by atoms with Gasteiger partial charge in [0.25, 0.3) is 0 Å². The lowest BCUT2D eigenvalue weighted by Crippen LogP contribution is -2.16. The van der Waals surface area contributed by atoms with Crippen molar-refractivity contribution in [2.24, 2.45) is 0 Å². The number of alkyl halides is 3. The van der Waals surface area contributed by atoms with Crippen molar-refractivity contribution in [2.45, 2.75) is 19.0 Å². The first-order valence-corrected chi connectivity index (χ1v) is 4.99. The van der Waals surface area contributed by atoms with Crippen molar-refractivity contribution >= 4 is 5.97 Å². The van der Waals surface area contributed by atoms with Gasteiger partial charge < -0.3 is 4.74 Å². The summed E-state index contributed by atoms with van der Waals surface area (Å²) in [6.07, 6.45) is -3.92. The maximum Gasteiger partial charge on any atom is 0.417 e. The van der Waals surface area contributed by atoms with E-state index in [1.165, 1.54) is 0 Å². The highest BCUT2D eigenvalue weighted by atomic mass is 19.4. The van der Waals surface area contributed by atoms with E-state index in [4.69, 9.17) is 5.26 Å². The summed E-state index contributed by atoms with van der Waals surface area (Å²) in [5.74, 6) is -2.14. The third-order valence-corrected chi connectivity index (χ3v) is 2.06. The summed E-state index contributed by atoms with van der Waals surface area (Å²) < 4.78 is 41.5. The molecule has 0 amide bonds. The zero-order valence-electron chi connectivity index (χ0n) is 9.36. The summed E-state index contributed by atoms with van der Waals surface area (Å²) in [6.45, 7) is 1.64. The topological polar surface area (TPSA) is 63.0 Å². The Morgan fingerprint density at radius 2 is 2.22 bits per heavy atom. The predicted octanol–water partition coefficient (Wildman–Crippen LogP) is 2.27. The normalized spacial score (nSPS) is 12.6. The first-order valence-electron chi connectivity index (χ1n) is 4.99. The molecule has 0 aliphatic heterocycles. The largest absolute Gasteiger partial charge is 0.465 e. The lowest BCUT2D eigenvalue weighted by Gasteiger charge is -2.09. The van der Waals surface area contributed by atoms with Crippen LogP contribution in [0.15, 0.2) is 18.3 Å². The van der Waals surface area contributed by atoms with E-state index in [1.807, 2.05) is 0 Å². The van der Waals surface area contributed by atoms with E-state index in [2.05, 4.69) is 9.72 Å². The highest BCUT2D eigenvalue weighted by Crippen LogP contribution is 2.29. The molecule has 1 aromatic heterocycles. The fourth-order valence-electron chi connectivity index (χ4n) is 1.21. The number of carbonyl (C=O) groups excluding carboxylic acids is 1. The molecular weight excluding hydrogens is 249 g/mol. The van der Waals surface area contributed by atoms with Crippen LogP contribution >= 0.6 is 0 Å². The van der Waals surface area contributed by atoms with Crippen LogP contribution in [0.4, 0.5) is 13.2 Å². The van der Waals surface area contributed by atoms with Crippen molar-refractivity contribution in [1.29, 1.82) is 5.26 Å². The van der Waals surface area contributed by atoms with Crippen LogP contribution < -0.4 is 0 Å². The van der Waals surface area contributed by atoms with Gasteiger partial charge in [0.05, 0.1) is 23.9 Å². The Hall–Kier alpha value is -2.10. The van der Waals surface area contributed by atoms with E-state index in [-0.39, 0.29) is 12.3 Å². The highest BCUT2D eigenvalue weighted by molar-refractivity contribution is 5.80. The second-order valence-electron chi connectivity index (χ2n) is 3.28. The Bertz CT molecular complexity index is 463. The van der Waals surface area contributed by atoms with E-state index < -0.39 is 23.6 Å². The van der Waals surface area contributed by atoms with Gasteiger partial charge in [0.2, 0.25) is 0 Å². The Kier molecular flexibility index (Phi) is 4.26. The minimum atomic E-state index is -4.50. The summed E-state index contributed by atoms with van der Waals surface area (Å²) in [5, 5.41) is 8.79. The summed E-state index contributed by atoms with van der Waals surface area (Å²) in [6, 6.07) is 3.41. The van der Waals surface area contributed by atoms with E-state index in [0.717, 1.165) is 12.1 Å². The van der Waals surface area contributed by atoms with Crippen molar-refractivity contribution < 1.29 is 22.7 Å². The van der Waals surface area contributed by atoms with E-state index >= 15 is 0 Å². The molecular formula is C11H9F3N2O2. The van der Waals surface area contributed by atoms with Crippen LogP contribution in [0.1, 0.15) is 24.1 Å². The second-order valence-corrected chi connectivity index (χ2v) is 3.28. The first kappa shape index (κ1) is 14.0. The number of hydrogen-bond acceptors (Lipinski definition) is 4. The molecule has 1 heterocycles. The molecule has 0 aliphatic carbocycles. The van der Waals surface area contributed by atoms with Gasteiger partial charge >= 0.3 is 12.1 Å². The van der Waals surface area contributed by atoms with Crippen molar-refractivity contribution in [3.63, 3.8) is 0 Å². The minimum Gasteiger partial charge on any atom is -0.465 e. The summed E-state index contributed by atoms with van der Waals surface area (Å²) in [7, 11) is 0. The van der Waals surface area contributed by atoms with Crippen molar-refractivity contribution in [3.05, 3.63) is 29.6 Å². The van der Waals surface area contributed by atoms with Crippen molar-refractivity contribution in [2.75, 3.05) is 6.61 Å². The van der Waals surface area contributed by atoms with Gasteiger partial charge in [0.15, 0.2) is 5.92 Å². The molecule has 0 unspecified atom stereocenters. The van der Waals surface area contributed by atoms with E-state index in [1.54, 1.807) is 13.0 Å². The molecule has 0 spiro atoms. The average molecular weight is 258 g/mol. The number of halogens is 3. The van der Waals surface area contributed by atoms with Crippen LogP contribution in [-0.4, -0.2) is 17.6 Å². The van der Waals surface area contributed by atoms with Crippen LogP contribution in [-0.2, 0) is 15.7 Å². The lowest BCUT2D eigenvalue weighted by molar-refractivity contribution is -0.143. The monoisotopic (exact) mass is 258 g/mol. The molecule has 1 atom stereocenters. The molecule has 1 aromatic rings. The minimum absolute atomic E-state index is 0.0658. The summed E-state index contributed by atoms with van der Waals surface area (Å²) >= 11 is 0. The smallest absolute Gasteiger partial charge is 0.417 e. The van der Waals surface area contributed by atoms with Gasteiger partial charge in [-0.25, -0.2) is 0 Å². The van der Waals surface area contributed by atoms with Gasteiger partial charge in [-0.3, -0.25) is 9.78 Å². The number of rotatable bonds is 3. The number of carbonyl (C=O) groups is 1. The first-order chi connectivity index (χ1) is 8.40.